The second-order valence-electron chi connectivity index (χ2n) is 4.54. The van der Waals surface area contributed by atoms with Gasteiger partial charge in [-0.15, -0.1) is 11.8 Å². The van der Waals surface area contributed by atoms with Crippen LogP contribution in [0.25, 0.3) is 0 Å². The molecule has 0 rings (SSSR count). The van der Waals surface area contributed by atoms with Crippen molar-refractivity contribution in [3.8, 4) is 12.1 Å². The van der Waals surface area contributed by atoms with E-state index in [4.69, 9.17) is 15.3 Å². The number of carbonyl (C=O) groups is 1. The molecule has 0 bridgehead atoms. The van der Waals surface area contributed by atoms with Gasteiger partial charge < -0.3 is 10.1 Å². The molecule has 1 amide bonds. The van der Waals surface area contributed by atoms with Crippen molar-refractivity contribution in [3.63, 3.8) is 0 Å². The molecule has 0 aromatic carbocycles. The van der Waals surface area contributed by atoms with E-state index in [0.717, 1.165) is 0 Å². The van der Waals surface area contributed by atoms with Crippen LogP contribution >= 0.6 is 11.8 Å². The molecule has 0 aromatic heterocycles. The third kappa shape index (κ3) is 8.06. The lowest BCUT2D eigenvalue weighted by atomic mass is 10.2. The summed E-state index contributed by atoms with van der Waals surface area (Å²) in [6.45, 7) is 5.93. The summed E-state index contributed by atoms with van der Waals surface area (Å²) in [6, 6.07) is 3.72. The number of ether oxygens (including phenoxy) is 1. The molecule has 0 aliphatic heterocycles. The second-order valence-corrected chi connectivity index (χ2v) is 5.37. The highest BCUT2D eigenvalue weighted by atomic mass is 32.2. The number of aliphatic imine (C=N–C) groups is 1. The summed E-state index contributed by atoms with van der Waals surface area (Å²) in [6.07, 6.45) is 1.24. The van der Waals surface area contributed by atoms with Gasteiger partial charge in [-0.3, -0.25) is 4.99 Å². The lowest BCUT2D eigenvalue weighted by Gasteiger charge is -2.19. The van der Waals surface area contributed by atoms with E-state index in [1.165, 1.54) is 11.8 Å². The topological polar surface area (TPSA) is 98.3 Å². The number of hydrogen-bond acceptors (Lipinski definition) is 6. The fourth-order valence-electron chi connectivity index (χ4n) is 1.05. The van der Waals surface area contributed by atoms with E-state index in [1.807, 2.05) is 12.1 Å². The van der Waals surface area contributed by atoms with Gasteiger partial charge in [0.15, 0.2) is 5.92 Å². The predicted molar refractivity (Wildman–Crippen MR) is 74.8 cm³/mol. The number of amides is 1. The van der Waals surface area contributed by atoms with Gasteiger partial charge in [-0.25, -0.2) is 4.79 Å². The molecule has 0 radical (unpaired) electrons. The first kappa shape index (κ1) is 17.3. The monoisotopic (exact) mass is 282 g/mol. The molecule has 6 nitrogen and oxygen atoms in total. The average molecular weight is 282 g/mol. The lowest BCUT2D eigenvalue weighted by Crippen LogP contribution is -2.33. The van der Waals surface area contributed by atoms with Crippen molar-refractivity contribution in [1.29, 1.82) is 10.5 Å². The maximum atomic E-state index is 11.3. The number of carbonyl (C=O) groups excluding carboxylic acids is 1. The molecule has 0 aromatic rings. The average Bonchev–Trinajstić information content (AvgIpc) is 2.31. The molecule has 0 spiro atoms. The molecule has 104 valence electrons. The Morgan fingerprint density at radius 2 is 2.00 bits per heavy atom. The van der Waals surface area contributed by atoms with Crippen molar-refractivity contribution in [3.05, 3.63) is 0 Å². The number of nitrogens with one attached hydrogen (secondary N) is 1. The zero-order chi connectivity index (χ0) is 14.9. The highest BCUT2D eigenvalue weighted by Gasteiger charge is 2.16. The van der Waals surface area contributed by atoms with Crippen LogP contribution in [0.5, 0.6) is 0 Å². The molecule has 0 saturated heterocycles. The summed E-state index contributed by atoms with van der Waals surface area (Å²) >= 11 is 1.26. The van der Waals surface area contributed by atoms with Crippen LogP contribution < -0.4 is 5.32 Å². The number of thioether (sulfide) groups is 1. The first-order valence-electron chi connectivity index (χ1n) is 5.68. The number of rotatable bonds is 4. The van der Waals surface area contributed by atoms with E-state index in [-0.39, 0.29) is 0 Å². The van der Waals surface area contributed by atoms with Crippen molar-refractivity contribution in [2.24, 2.45) is 10.9 Å². The third-order valence-corrected chi connectivity index (χ3v) is 2.55. The summed E-state index contributed by atoms with van der Waals surface area (Å²) in [5, 5.41) is 20.5. The molecule has 0 atom stereocenters. The van der Waals surface area contributed by atoms with Crippen LogP contribution in [0, 0.1) is 28.6 Å². The van der Waals surface area contributed by atoms with E-state index >= 15 is 0 Å². The molecule has 0 fully saturated rings. The Bertz CT molecular complexity index is 401. The van der Waals surface area contributed by atoms with Crippen LogP contribution in [0.2, 0.25) is 0 Å². The van der Waals surface area contributed by atoms with Gasteiger partial charge in [0.05, 0.1) is 23.7 Å². The van der Waals surface area contributed by atoms with E-state index in [0.29, 0.717) is 18.1 Å². The molecule has 0 aliphatic rings. The molecule has 0 unspecified atom stereocenters. The van der Waals surface area contributed by atoms with E-state index < -0.39 is 17.6 Å². The highest BCUT2D eigenvalue weighted by Crippen LogP contribution is 2.09. The summed E-state index contributed by atoms with van der Waals surface area (Å²) in [7, 11) is 0. The van der Waals surface area contributed by atoms with E-state index in [1.54, 1.807) is 27.0 Å². The van der Waals surface area contributed by atoms with Gasteiger partial charge in [0, 0.05) is 6.54 Å². The van der Waals surface area contributed by atoms with Gasteiger partial charge in [0.25, 0.3) is 0 Å². The molecule has 0 aliphatic carbocycles. The maximum Gasteiger partial charge on any atom is 0.407 e. The molecule has 0 saturated carbocycles. The largest absolute Gasteiger partial charge is 0.444 e. The Kier molecular flexibility index (Phi) is 7.62. The van der Waals surface area contributed by atoms with Crippen LogP contribution in [0.1, 0.15) is 20.8 Å². The van der Waals surface area contributed by atoms with Crippen molar-refractivity contribution in [2.45, 2.75) is 26.4 Å². The third-order valence-electron chi connectivity index (χ3n) is 1.76. The Hall–Kier alpha value is -1.73. The Balaban J connectivity index is 4.18. The minimum atomic E-state index is -0.850. The zero-order valence-electron chi connectivity index (χ0n) is 11.6. The lowest BCUT2D eigenvalue weighted by molar-refractivity contribution is 0.0529. The molecule has 0 heterocycles. The SMILES string of the molecule is CSC(=NCCNC(=O)OC(C)(C)C)C(C#N)C#N. The van der Waals surface area contributed by atoms with Crippen molar-refractivity contribution < 1.29 is 9.53 Å². The summed E-state index contributed by atoms with van der Waals surface area (Å²) < 4.78 is 5.05. The standard InChI is InChI=1S/C12H18N4O2S/c1-12(2,3)18-11(17)16-6-5-15-10(19-4)9(7-13)8-14/h9H,5-6H2,1-4H3,(H,16,17). The van der Waals surface area contributed by atoms with E-state index in [9.17, 15) is 4.79 Å². The summed E-state index contributed by atoms with van der Waals surface area (Å²) in [5.74, 6) is -0.850. The number of alkyl carbamates (subject to hydrolysis) is 1. The van der Waals surface area contributed by atoms with Gasteiger partial charge in [-0.2, -0.15) is 10.5 Å². The summed E-state index contributed by atoms with van der Waals surface area (Å²) in [4.78, 5) is 15.4. The zero-order valence-corrected chi connectivity index (χ0v) is 12.4. The normalized spacial score (nSPS) is 11.6. The molecular formula is C12H18N4O2S. The summed E-state index contributed by atoms with van der Waals surface area (Å²) in [5.41, 5.74) is -0.537. The van der Waals surface area contributed by atoms with Crippen molar-refractivity contribution >= 4 is 22.9 Å². The number of nitriles is 2. The first-order valence-corrected chi connectivity index (χ1v) is 6.91. The van der Waals surface area contributed by atoms with Crippen LogP contribution in [-0.4, -0.2) is 36.1 Å². The van der Waals surface area contributed by atoms with Gasteiger partial charge >= 0.3 is 6.09 Å². The highest BCUT2D eigenvalue weighted by molar-refractivity contribution is 8.13. The Morgan fingerprint density at radius 1 is 1.42 bits per heavy atom. The van der Waals surface area contributed by atoms with Gasteiger partial charge in [0.2, 0.25) is 0 Å². The fraction of sp³-hybridized carbons (Fsp3) is 0.667. The second kappa shape index (κ2) is 8.39. The smallest absolute Gasteiger partial charge is 0.407 e. The molecule has 1 N–H and O–H groups in total. The maximum absolute atomic E-state index is 11.3. The van der Waals surface area contributed by atoms with Crippen LogP contribution in [0.4, 0.5) is 4.79 Å². The van der Waals surface area contributed by atoms with Gasteiger partial charge in [-0.05, 0) is 27.0 Å². The Morgan fingerprint density at radius 3 is 2.42 bits per heavy atom. The van der Waals surface area contributed by atoms with E-state index in [2.05, 4.69) is 10.3 Å². The first-order chi connectivity index (χ1) is 8.84. The molecular weight excluding hydrogens is 264 g/mol. The number of nitrogens with zero attached hydrogens (tertiary/aromatic N) is 3. The molecule has 7 heteroatoms. The van der Waals surface area contributed by atoms with Gasteiger partial charge in [0.1, 0.15) is 5.60 Å². The van der Waals surface area contributed by atoms with Crippen LogP contribution in [-0.2, 0) is 4.74 Å². The molecule has 19 heavy (non-hydrogen) atoms. The fourth-order valence-corrected chi connectivity index (χ4v) is 1.61. The van der Waals surface area contributed by atoms with Gasteiger partial charge in [-0.1, -0.05) is 0 Å². The van der Waals surface area contributed by atoms with Crippen LogP contribution in [0.15, 0.2) is 4.99 Å². The Labute approximate surface area is 117 Å². The van der Waals surface area contributed by atoms with Crippen LogP contribution in [0.3, 0.4) is 0 Å². The van der Waals surface area contributed by atoms with Crippen molar-refractivity contribution in [1.82, 2.24) is 5.32 Å². The number of hydrogen-bond donors (Lipinski definition) is 1. The predicted octanol–water partition coefficient (Wildman–Crippen LogP) is 1.94. The minimum absolute atomic E-state index is 0.294. The quantitative estimate of drug-likeness (QED) is 0.482. The minimum Gasteiger partial charge on any atom is -0.444 e. The van der Waals surface area contributed by atoms with Crippen molar-refractivity contribution in [2.75, 3.05) is 19.3 Å².